The summed E-state index contributed by atoms with van der Waals surface area (Å²) < 4.78 is 5.56. The van der Waals surface area contributed by atoms with E-state index in [1.54, 1.807) is 31.1 Å². The van der Waals surface area contributed by atoms with Gasteiger partial charge in [-0.1, -0.05) is 13.3 Å². The molecule has 0 unspecified atom stereocenters. The number of benzene rings is 1. The summed E-state index contributed by atoms with van der Waals surface area (Å²) in [5.41, 5.74) is 0.936. The zero-order chi connectivity index (χ0) is 14.6. The molecule has 5 heteroatoms. The van der Waals surface area contributed by atoms with Gasteiger partial charge in [0.15, 0.2) is 5.78 Å². The number of thiocarbonyl (C=S) groups is 1. The lowest BCUT2D eigenvalue weighted by Crippen LogP contribution is -2.25. The molecule has 0 amide bonds. The number of carbonyl (C=O) groups is 1. The number of hydrogen-bond acceptors (Lipinski definition) is 4. The van der Waals surface area contributed by atoms with E-state index in [0.29, 0.717) is 28.5 Å². The summed E-state index contributed by atoms with van der Waals surface area (Å²) in [6, 6.07) is 3.24. The Morgan fingerprint density at radius 2 is 2.05 bits per heavy atom. The van der Waals surface area contributed by atoms with Crippen LogP contribution in [0.2, 0.25) is 0 Å². The van der Waals surface area contributed by atoms with Crippen molar-refractivity contribution in [2.24, 2.45) is 0 Å². The number of aromatic hydroxyl groups is 1. The molecule has 0 aliphatic carbocycles. The first-order chi connectivity index (χ1) is 8.88. The first-order valence-electron chi connectivity index (χ1n) is 6.13. The lowest BCUT2D eigenvalue weighted by Gasteiger charge is -2.18. The van der Waals surface area contributed by atoms with Gasteiger partial charge in [-0.05, 0) is 37.7 Å². The third-order valence-electron chi connectivity index (χ3n) is 2.68. The van der Waals surface area contributed by atoms with E-state index in [0.717, 1.165) is 6.42 Å². The fourth-order valence-corrected chi connectivity index (χ4v) is 1.76. The van der Waals surface area contributed by atoms with E-state index >= 15 is 0 Å². The van der Waals surface area contributed by atoms with Gasteiger partial charge in [0, 0.05) is 19.7 Å². The molecule has 0 fully saturated rings. The predicted octanol–water partition coefficient (Wildman–Crippen LogP) is 2.77. The van der Waals surface area contributed by atoms with Gasteiger partial charge in [0.1, 0.15) is 11.5 Å². The molecule has 0 saturated heterocycles. The maximum absolute atomic E-state index is 11.4. The fraction of sp³-hybridized carbons (Fsp3) is 0.429. The standard InChI is InChI=1S/C14H19NO3S/c1-5-6-11-12(18-14(19)15(3)4)8-7-10(9(2)16)13(11)17/h7-8,17H,5-6H2,1-4H3. The molecule has 0 radical (unpaired) electrons. The van der Waals surface area contributed by atoms with Crippen LogP contribution in [0.5, 0.6) is 11.5 Å². The maximum Gasteiger partial charge on any atom is 0.264 e. The minimum atomic E-state index is -0.170. The first kappa shape index (κ1) is 15.4. The molecular formula is C14H19NO3S. The molecule has 1 rings (SSSR count). The topological polar surface area (TPSA) is 49.8 Å². The molecule has 0 spiro atoms. The molecule has 0 aliphatic heterocycles. The van der Waals surface area contributed by atoms with Crippen molar-refractivity contribution in [2.45, 2.75) is 26.7 Å². The maximum atomic E-state index is 11.4. The second-order valence-electron chi connectivity index (χ2n) is 4.51. The molecule has 0 bridgehead atoms. The van der Waals surface area contributed by atoms with E-state index in [-0.39, 0.29) is 11.5 Å². The number of hydrogen-bond donors (Lipinski definition) is 1. The van der Waals surface area contributed by atoms with Crippen LogP contribution < -0.4 is 4.74 Å². The highest BCUT2D eigenvalue weighted by Gasteiger charge is 2.17. The molecule has 0 atom stereocenters. The number of nitrogens with zero attached hydrogens (tertiary/aromatic N) is 1. The van der Waals surface area contributed by atoms with E-state index in [4.69, 9.17) is 17.0 Å². The van der Waals surface area contributed by atoms with Crippen LogP contribution in [0.25, 0.3) is 0 Å². The summed E-state index contributed by atoms with van der Waals surface area (Å²) in [6.45, 7) is 3.42. The quantitative estimate of drug-likeness (QED) is 0.679. The Morgan fingerprint density at radius 1 is 1.42 bits per heavy atom. The van der Waals surface area contributed by atoms with Gasteiger partial charge in [0.2, 0.25) is 0 Å². The van der Waals surface area contributed by atoms with Crippen molar-refractivity contribution in [3.63, 3.8) is 0 Å². The van der Waals surface area contributed by atoms with Crippen LogP contribution in [0.4, 0.5) is 0 Å². The van der Waals surface area contributed by atoms with E-state index in [2.05, 4.69) is 0 Å². The second kappa shape index (κ2) is 6.52. The summed E-state index contributed by atoms with van der Waals surface area (Å²) in [4.78, 5) is 13.1. The van der Waals surface area contributed by atoms with E-state index in [1.165, 1.54) is 6.92 Å². The van der Waals surface area contributed by atoms with Crippen molar-refractivity contribution in [3.8, 4) is 11.5 Å². The molecule has 0 aromatic heterocycles. The molecule has 1 N–H and O–H groups in total. The van der Waals surface area contributed by atoms with Crippen molar-refractivity contribution in [2.75, 3.05) is 14.1 Å². The lowest BCUT2D eigenvalue weighted by atomic mass is 10.0. The Hall–Kier alpha value is -1.62. The summed E-state index contributed by atoms with van der Waals surface area (Å²) >= 11 is 5.09. The Balaban J connectivity index is 3.21. The molecule has 19 heavy (non-hydrogen) atoms. The number of phenols is 1. The van der Waals surface area contributed by atoms with Crippen molar-refractivity contribution in [1.82, 2.24) is 4.90 Å². The van der Waals surface area contributed by atoms with E-state index in [1.807, 2.05) is 6.92 Å². The van der Waals surface area contributed by atoms with Gasteiger partial charge in [0.05, 0.1) is 5.56 Å². The number of Topliss-reactive ketones (excluding diaryl/α,β-unsaturated/α-hetero) is 1. The van der Waals surface area contributed by atoms with Crippen molar-refractivity contribution in [1.29, 1.82) is 0 Å². The van der Waals surface area contributed by atoms with Crippen LogP contribution in [0.3, 0.4) is 0 Å². The Kier molecular flexibility index (Phi) is 5.30. The third kappa shape index (κ3) is 3.67. The predicted molar refractivity (Wildman–Crippen MR) is 79.0 cm³/mol. The second-order valence-corrected chi connectivity index (χ2v) is 4.86. The molecule has 0 aliphatic rings. The van der Waals surface area contributed by atoms with Crippen LogP contribution in [0.15, 0.2) is 12.1 Å². The summed E-state index contributed by atoms with van der Waals surface area (Å²) in [6.07, 6.45) is 1.46. The highest BCUT2D eigenvalue weighted by Crippen LogP contribution is 2.33. The highest BCUT2D eigenvalue weighted by molar-refractivity contribution is 7.80. The van der Waals surface area contributed by atoms with Crippen molar-refractivity contribution in [3.05, 3.63) is 23.3 Å². The van der Waals surface area contributed by atoms with Gasteiger partial charge >= 0.3 is 0 Å². The first-order valence-corrected chi connectivity index (χ1v) is 6.54. The van der Waals surface area contributed by atoms with Crippen molar-refractivity contribution >= 4 is 23.2 Å². The largest absolute Gasteiger partial charge is 0.507 e. The molecular weight excluding hydrogens is 262 g/mol. The summed E-state index contributed by atoms with van der Waals surface area (Å²) in [5, 5.41) is 10.5. The van der Waals surface area contributed by atoms with Gasteiger partial charge in [-0.2, -0.15) is 0 Å². The molecule has 0 heterocycles. The molecule has 4 nitrogen and oxygen atoms in total. The zero-order valence-electron chi connectivity index (χ0n) is 11.7. The van der Waals surface area contributed by atoms with E-state index < -0.39 is 0 Å². The molecule has 1 aromatic rings. The normalized spacial score (nSPS) is 10.1. The average Bonchev–Trinajstić information content (AvgIpc) is 2.33. The number of ether oxygens (including phenoxy) is 1. The monoisotopic (exact) mass is 281 g/mol. The van der Waals surface area contributed by atoms with Gasteiger partial charge < -0.3 is 14.7 Å². The minimum Gasteiger partial charge on any atom is -0.507 e. The number of rotatable bonds is 4. The zero-order valence-corrected chi connectivity index (χ0v) is 12.5. The van der Waals surface area contributed by atoms with Gasteiger partial charge in [-0.25, -0.2) is 0 Å². The fourth-order valence-electron chi connectivity index (χ4n) is 1.67. The smallest absolute Gasteiger partial charge is 0.264 e. The number of phenolic OH excluding ortho intramolecular Hbond substituents is 1. The van der Waals surface area contributed by atoms with Crippen LogP contribution in [-0.2, 0) is 6.42 Å². The van der Waals surface area contributed by atoms with Crippen molar-refractivity contribution < 1.29 is 14.6 Å². The molecule has 104 valence electrons. The van der Waals surface area contributed by atoms with Crippen LogP contribution in [0.1, 0.15) is 36.2 Å². The number of carbonyl (C=O) groups excluding carboxylic acids is 1. The van der Waals surface area contributed by atoms with Crippen LogP contribution >= 0.6 is 12.2 Å². The Morgan fingerprint density at radius 3 is 2.53 bits per heavy atom. The highest BCUT2D eigenvalue weighted by atomic mass is 32.1. The molecule has 0 saturated carbocycles. The van der Waals surface area contributed by atoms with Gasteiger partial charge in [-0.15, -0.1) is 0 Å². The SMILES string of the molecule is CCCc1c(OC(=S)N(C)C)ccc(C(C)=O)c1O. The third-order valence-corrected chi connectivity index (χ3v) is 3.13. The average molecular weight is 281 g/mol. The van der Waals surface area contributed by atoms with Crippen LogP contribution in [-0.4, -0.2) is 35.1 Å². The summed E-state index contributed by atoms with van der Waals surface area (Å²) in [5.74, 6) is 0.327. The van der Waals surface area contributed by atoms with Crippen LogP contribution in [0, 0.1) is 0 Å². The summed E-state index contributed by atoms with van der Waals surface area (Å²) in [7, 11) is 3.57. The van der Waals surface area contributed by atoms with Gasteiger partial charge in [0.25, 0.3) is 5.17 Å². The number of ketones is 1. The minimum absolute atomic E-state index is 0.00611. The Labute approximate surface area is 119 Å². The van der Waals surface area contributed by atoms with E-state index in [9.17, 15) is 9.90 Å². The van der Waals surface area contributed by atoms with Gasteiger partial charge in [-0.3, -0.25) is 4.79 Å². The lowest BCUT2D eigenvalue weighted by molar-refractivity contribution is 0.101. The Bertz CT molecular complexity index is 498. The molecule has 1 aromatic carbocycles.